The third-order valence-corrected chi connectivity index (χ3v) is 3.88. The largest absolute Gasteiger partial charge is 0.447 e. The zero-order valence-electron chi connectivity index (χ0n) is 12.4. The van der Waals surface area contributed by atoms with E-state index in [9.17, 15) is 9.59 Å². The van der Waals surface area contributed by atoms with Crippen molar-refractivity contribution < 1.29 is 14.3 Å². The molecule has 0 spiro atoms. The highest BCUT2D eigenvalue weighted by atomic mass is 35.5. The van der Waals surface area contributed by atoms with Gasteiger partial charge in [-0.25, -0.2) is 4.79 Å². The van der Waals surface area contributed by atoms with Crippen LogP contribution in [0.5, 0.6) is 0 Å². The first-order valence-corrected chi connectivity index (χ1v) is 7.82. The summed E-state index contributed by atoms with van der Waals surface area (Å²) in [4.78, 5) is 24.0. The Kier molecular flexibility index (Phi) is 5.67. The van der Waals surface area contributed by atoms with Gasteiger partial charge in [0, 0.05) is 23.0 Å². The summed E-state index contributed by atoms with van der Waals surface area (Å²) in [5.41, 5.74) is 0.447. The molecule has 0 radical (unpaired) electrons. The van der Waals surface area contributed by atoms with Crippen LogP contribution >= 0.6 is 23.2 Å². The zero-order valence-corrected chi connectivity index (χ0v) is 13.9. The van der Waals surface area contributed by atoms with E-state index in [4.69, 9.17) is 27.9 Å². The Bertz CT molecular complexity index is 578. The summed E-state index contributed by atoms with van der Waals surface area (Å²) in [5.74, 6) is -0.307. The van der Waals surface area contributed by atoms with Crippen LogP contribution in [0.4, 0.5) is 4.79 Å². The summed E-state index contributed by atoms with van der Waals surface area (Å²) in [6, 6.07) is 4.81. The van der Waals surface area contributed by atoms with Gasteiger partial charge in [0.15, 0.2) is 5.78 Å². The second kappa shape index (κ2) is 7.31. The number of rotatable bonds is 4. The lowest BCUT2D eigenvalue weighted by Crippen LogP contribution is -2.42. The van der Waals surface area contributed by atoms with Crippen LogP contribution in [0, 0.1) is 5.92 Å². The SMILES string of the molecule is CC(C)OC(=O)NC1CC(C(=O)c2ccc(Cl)cc2Cl)CN1. The number of Topliss-reactive ketones (excluding diaryl/α,β-unsaturated/α-hetero) is 1. The smallest absolute Gasteiger partial charge is 0.408 e. The summed E-state index contributed by atoms with van der Waals surface area (Å²) < 4.78 is 5.01. The monoisotopic (exact) mass is 344 g/mol. The van der Waals surface area contributed by atoms with E-state index >= 15 is 0 Å². The van der Waals surface area contributed by atoms with Crippen molar-refractivity contribution in [1.29, 1.82) is 0 Å². The van der Waals surface area contributed by atoms with Crippen molar-refractivity contribution in [1.82, 2.24) is 10.6 Å². The van der Waals surface area contributed by atoms with Gasteiger partial charge in [-0.3, -0.25) is 10.1 Å². The minimum atomic E-state index is -0.495. The number of alkyl carbamates (subject to hydrolysis) is 1. The third-order valence-electron chi connectivity index (χ3n) is 3.33. The number of carbonyl (C=O) groups excluding carboxylic acids is 2. The predicted molar refractivity (Wildman–Crippen MR) is 85.4 cm³/mol. The fraction of sp³-hybridized carbons (Fsp3) is 0.467. The van der Waals surface area contributed by atoms with Crippen LogP contribution in [-0.4, -0.2) is 30.7 Å². The number of ether oxygens (including phenoxy) is 1. The van der Waals surface area contributed by atoms with Crippen molar-refractivity contribution in [2.45, 2.75) is 32.5 Å². The lowest BCUT2D eigenvalue weighted by molar-refractivity contribution is 0.0923. The van der Waals surface area contributed by atoms with E-state index in [1.54, 1.807) is 32.0 Å². The van der Waals surface area contributed by atoms with Crippen LogP contribution < -0.4 is 10.6 Å². The van der Waals surface area contributed by atoms with Crippen molar-refractivity contribution >= 4 is 35.1 Å². The number of benzene rings is 1. The van der Waals surface area contributed by atoms with E-state index in [2.05, 4.69) is 10.6 Å². The van der Waals surface area contributed by atoms with Crippen molar-refractivity contribution in [2.75, 3.05) is 6.54 Å². The third kappa shape index (κ3) is 4.35. The molecule has 0 aliphatic carbocycles. The Balaban J connectivity index is 1.95. The number of hydrogen-bond donors (Lipinski definition) is 2. The lowest BCUT2D eigenvalue weighted by atomic mass is 9.96. The molecule has 2 atom stereocenters. The summed E-state index contributed by atoms with van der Waals surface area (Å²) >= 11 is 11.9. The average molecular weight is 345 g/mol. The van der Waals surface area contributed by atoms with Crippen molar-refractivity contribution in [3.05, 3.63) is 33.8 Å². The van der Waals surface area contributed by atoms with E-state index in [1.165, 1.54) is 0 Å². The molecule has 2 rings (SSSR count). The quantitative estimate of drug-likeness (QED) is 0.822. The molecule has 1 saturated heterocycles. The van der Waals surface area contributed by atoms with Crippen LogP contribution in [0.25, 0.3) is 0 Å². The Morgan fingerprint density at radius 2 is 2.09 bits per heavy atom. The number of hydrogen-bond acceptors (Lipinski definition) is 4. The molecule has 5 nitrogen and oxygen atoms in total. The molecule has 1 heterocycles. The molecule has 1 aliphatic heterocycles. The summed E-state index contributed by atoms with van der Waals surface area (Å²) in [5, 5.41) is 6.61. The molecule has 7 heteroatoms. The van der Waals surface area contributed by atoms with Crippen molar-refractivity contribution in [3.8, 4) is 0 Å². The van der Waals surface area contributed by atoms with Gasteiger partial charge in [-0.2, -0.15) is 0 Å². The molecule has 1 amide bonds. The Labute approximate surface area is 139 Å². The maximum Gasteiger partial charge on any atom is 0.408 e. The van der Waals surface area contributed by atoms with Gasteiger partial charge in [-0.05, 0) is 38.5 Å². The van der Waals surface area contributed by atoms with Crippen molar-refractivity contribution in [2.24, 2.45) is 5.92 Å². The first-order valence-electron chi connectivity index (χ1n) is 7.06. The van der Waals surface area contributed by atoms with Gasteiger partial charge >= 0.3 is 6.09 Å². The lowest BCUT2D eigenvalue weighted by Gasteiger charge is -2.15. The minimum Gasteiger partial charge on any atom is -0.447 e. The first-order chi connectivity index (χ1) is 10.4. The predicted octanol–water partition coefficient (Wildman–Crippen LogP) is 3.25. The molecule has 0 aromatic heterocycles. The van der Waals surface area contributed by atoms with Gasteiger partial charge in [0.2, 0.25) is 0 Å². The average Bonchev–Trinajstić information content (AvgIpc) is 2.85. The van der Waals surface area contributed by atoms with E-state index in [0.717, 1.165) is 0 Å². The number of amides is 1. The molecule has 120 valence electrons. The van der Waals surface area contributed by atoms with Crippen molar-refractivity contribution in [3.63, 3.8) is 0 Å². The van der Waals surface area contributed by atoms with Crippen LogP contribution in [0.1, 0.15) is 30.6 Å². The van der Waals surface area contributed by atoms with Gasteiger partial charge in [-0.1, -0.05) is 23.2 Å². The zero-order chi connectivity index (χ0) is 16.3. The summed E-state index contributed by atoms with van der Waals surface area (Å²) in [6.07, 6.45) is -0.478. The van der Waals surface area contributed by atoms with Gasteiger partial charge in [0.05, 0.1) is 17.3 Å². The van der Waals surface area contributed by atoms with Crippen LogP contribution in [0.3, 0.4) is 0 Å². The maximum atomic E-state index is 12.5. The fourth-order valence-electron chi connectivity index (χ4n) is 2.34. The standard InChI is InChI=1S/C15H18Cl2N2O3/c1-8(2)22-15(21)19-13-5-9(7-18-13)14(20)11-4-3-10(16)6-12(11)17/h3-4,6,8-9,13,18H,5,7H2,1-2H3,(H,19,21). The second-order valence-corrected chi connectivity index (χ2v) is 6.32. The highest BCUT2D eigenvalue weighted by molar-refractivity contribution is 6.36. The van der Waals surface area contributed by atoms with E-state index < -0.39 is 6.09 Å². The number of nitrogens with one attached hydrogen (secondary N) is 2. The van der Waals surface area contributed by atoms with Crippen LogP contribution in [0.2, 0.25) is 10.0 Å². The molecule has 1 aromatic rings. The highest BCUT2D eigenvalue weighted by Crippen LogP contribution is 2.26. The molecule has 22 heavy (non-hydrogen) atoms. The van der Waals surface area contributed by atoms with Crippen LogP contribution in [-0.2, 0) is 4.74 Å². The number of halogens is 2. The Hall–Kier alpha value is -1.30. The van der Waals surface area contributed by atoms with Crippen LogP contribution in [0.15, 0.2) is 18.2 Å². The summed E-state index contributed by atoms with van der Waals surface area (Å²) in [6.45, 7) is 4.03. The van der Waals surface area contributed by atoms with Gasteiger partial charge in [-0.15, -0.1) is 0 Å². The van der Waals surface area contributed by atoms with Gasteiger partial charge < -0.3 is 10.1 Å². The fourth-order valence-corrected chi connectivity index (χ4v) is 2.85. The molecule has 1 fully saturated rings. The van der Waals surface area contributed by atoms with Gasteiger partial charge in [0.25, 0.3) is 0 Å². The Morgan fingerprint density at radius 3 is 2.73 bits per heavy atom. The topological polar surface area (TPSA) is 67.4 Å². The normalized spacial score (nSPS) is 21.0. The first kappa shape index (κ1) is 17.1. The molecular formula is C15H18Cl2N2O3. The maximum absolute atomic E-state index is 12.5. The number of carbonyl (C=O) groups is 2. The molecule has 0 saturated carbocycles. The Morgan fingerprint density at radius 1 is 1.36 bits per heavy atom. The highest BCUT2D eigenvalue weighted by Gasteiger charge is 2.32. The van der Waals surface area contributed by atoms with Gasteiger partial charge in [0.1, 0.15) is 0 Å². The van der Waals surface area contributed by atoms with E-state index in [0.29, 0.717) is 28.6 Å². The second-order valence-electron chi connectivity index (χ2n) is 5.48. The molecule has 0 bridgehead atoms. The number of ketones is 1. The molecule has 1 aliphatic rings. The minimum absolute atomic E-state index is 0.0595. The molecule has 2 unspecified atom stereocenters. The van der Waals surface area contributed by atoms with E-state index in [1.807, 2.05) is 0 Å². The molecule has 2 N–H and O–H groups in total. The van der Waals surface area contributed by atoms with E-state index in [-0.39, 0.29) is 24.0 Å². The summed E-state index contributed by atoms with van der Waals surface area (Å²) in [7, 11) is 0. The molecular weight excluding hydrogens is 327 g/mol. The molecule has 1 aromatic carbocycles.